The Morgan fingerprint density at radius 3 is 2.45 bits per heavy atom. The summed E-state index contributed by atoms with van der Waals surface area (Å²) in [5, 5.41) is 0.142. The lowest BCUT2D eigenvalue weighted by Crippen LogP contribution is -2.57. The largest absolute Gasteiger partial charge is 0.516 e. The topological polar surface area (TPSA) is 43.4 Å². The van der Waals surface area contributed by atoms with E-state index in [9.17, 15) is 9.59 Å². The number of nitrogens with zero attached hydrogens (tertiary/aromatic N) is 1. The van der Waals surface area contributed by atoms with Crippen LogP contribution in [-0.4, -0.2) is 46.2 Å². The van der Waals surface area contributed by atoms with Gasteiger partial charge < -0.3 is 4.74 Å². The highest BCUT2D eigenvalue weighted by Gasteiger charge is 2.48. The minimum absolute atomic E-state index is 0.102. The highest BCUT2D eigenvalue weighted by atomic mass is 32.2. The Morgan fingerprint density at radius 1 is 1.35 bits per heavy atom. The SMILES string of the molecule is CC(=O)SCCC[N+]1(C(=O)OC(C)(C)C)CCC[C@H]1C. The van der Waals surface area contributed by atoms with Gasteiger partial charge in [0.25, 0.3) is 0 Å². The van der Waals surface area contributed by atoms with Crippen molar-refractivity contribution in [1.29, 1.82) is 0 Å². The lowest BCUT2D eigenvalue weighted by atomic mass is 10.2. The van der Waals surface area contributed by atoms with Crippen molar-refractivity contribution < 1.29 is 18.8 Å². The summed E-state index contributed by atoms with van der Waals surface area (Å²) in [6.07, 6.45) is 2.91. The van der Waals surface area contributed by atoms with E-state index in [1.807, 2.05) is 20.8 Å². The molecule has 0 radical (unpaired) electrons. The Bertz CT molecular complexity index is 365. The zero-order valence-electron chi connectivity index (χ0n) is 13.4. The number of rotatable bonds is 4. The predicted molar refractivity (Wildman–Crippen MR) is 82.7 cm³/mol. The molecular weight excluding hydrogens is 274 g/mol. The standard InChI is InChI=1S/C15H28NO3S/c1-12-8-6-9-16(12,10-7-11-20-13(2)17)14(18)19-15(3,4)5/h12H,6-11H2,1-5H3/q+1/t12-,16?/m1/s1. The average Bonchev–Trinajstić information content (AvgIpc) is 2.65. The van der Waals surface area contributed by atoms with Gasteiger partial charge >= 0.3 is 6.09 Å². The molecule has 116 valence electrons. The van der Waals surface area contributed by atoms with Crippen molar-refractivity contribution in [1.82, 2.24) is 0 Å². The van der Waals surface area contributed by atoms with Crippen LogP contribution in [0.2, 0.25) is 0 Å². The molecule has 4 nitrogen and oxygen atoms in total. The molecule has 1 unspecified atom stereocenters. The summed E-state index contributed by atoms with van der Waals surface area (Å²) in [6, 6.07) is 0.312. The number of carbonyl (C=O) groups is 2. The Hall–Kier alpha value is -0.550. The van der Waals surface area contributed by atoms with Gasteiger partial charge in [0.05, 0.1) is 19.1 Å². The number of ether oxygens (including phenoxy) is 1. The first-order chi connectivity index (χ1) is 9.17. The number of thioether (sulfide) groups is 1. The minimum atomic E-state index is -0.446. The molecule has 2 atom stereocenters. The molecule has 20 heavy (non-hydrogen) atoms. The maximum Gasteiger partial charge on any atom is 0.516 e. The number of hydrogen-bond donors (Lipinski definition) is 0. The molecule has 0 aromatic heterocycles. The molecule has 1 fully saturated rings. The van der Waals surface area contributed by atoms with Crippen LogP contribution in [-0.2, 0) is 9.53 Å². The van der Waals surface area contributed by atoms with Gasteiger partial charge in [0.2, 0.25) is 0 Å². The van der Waals surface area contributed by atoms with Crippen molar-refractivity contribution in [2.45, 2.75) is 65.5 Å². The molecule has 1 rings (SSSR count). The van der Waals surface area contributed by atoms with Crippen molar-refractivity contribution in [3.05, 3.63) is 0 Å². The molecule has 0 aliphatic carbocycles. The van der Waals surface area contributed by atoms with Crippen LogP contribution >= 0.6 is 11.8 Å². The molecule has 0 N–H and O–H groups in total. The van der Waals surface area contributed by atoms with Crippen molar-refractivity contribution >= 4 is 23.0 Å². The monoisotopic (exact) mass is 302 g/mol. The van der Waals surface area contributed by atoms with E-state index in [1.165, 1.54) is 11.8 Å². The van der Waals surface area contributed by atoms with Crippen LogP contribution in [0, 0.1) is 0 Å². The Balaban J connectivity index is 2.67. The number of hydrogen-bond acceptors (Lipinski definition) is 4. The molecular formula is C15H28NO3S+. The fraction of sp³-hybridized carbons (Fsp3) is 0.867. The molecule has 1 aliphatic rings. The van der Waals surface area contributed by atoms with Gasteiger partial charge in [-0.25, -0.2) is 4.48 Å². The molecule has 1 amide bonds. The summed E-state index contributed by atoms with van der Waals surface area (Å²) in [4.78, 5) is 23.6. The van der Waals surface area contributed by atoms with E-state index < -0.39 is 5.60 Å². The lowest BCUT2D eigenvalue weighted by Gasteiger charge is -2.36. The minimum Gasteiger partial charge on any atom is -0.414 e. The second-order valence-corrected chi connectivity index (χ2v) is 7.92. The number of carbonyl (C=O) groups excluding carboxylic acids is 2. The summed E-state index contributed by atoms with van der Waals surface area (Å²) < 4.78 is 6.06. The second-order valence-electron chi connectivity index (χ2n) is 6.65. The quantitative estimate of drug-likeness (QED) is 0.588. The van der Waals surface area contributed by atoms with E-state index in [1.54, 1.807) is 6.92 Å². The van der Waals surface area contributed by atoms with Crippen LogP contribution in [0.15, 0.2) is 0 Å². The summed E-state index contributed by atoms with van der Waals surface area (Å²) >= 11 is 1.34. The Morgan fingerprint density at radius 2 is 2.00 bits per heavy atom. The molecule has 1 heterocycles. The van der Waals surface area contributed by atoms with E-state index in [0.29, 0.717) is 10.5 Å². The number of amides is 1. The second kappa shape index (κ2) is 6.94. The van der Waals surface area contributed by atoms with Crippen LogP contribution < -0.4 is 0 Å². The van der Waals surface area contributed by atoms with Gasteiger partial charge in [-0.1, -0.05) is 11.8 Å². The molecule has 0 aromatic rings. The number of likely N-dealkylation sites (tertiary alicyclic amines) is 1. The van der Waals surface area contributed by atoms with E-state index in [2.05, 4.69) is 6.92 Å². The molecule has 0 saturated carbocycles. The molecule has 1 saturated heterocycles. The lowest BCUT2D eigenvalue weighted by molar-refractivity contribution is -0.868. The third-order valence-electron chi connectivity index (χ3n) is 3.79. The van der Waals surface area contributed by atoms with Gasteiger partial charge in [-0.05, 0) is 27.7 Å². The first kappa shape index (κ1) is 17.5. The maximum atomic E-state index is 12.6. The fourth-order valence-corrected chi connectivity index (χ4v) is 3.31. The molecule has 0 bridgehead atoms. The van der Waals surface area contributed by atoms with Crippen molar-refractivity contribution in [3.63, 3.8) is 0 Å². The first-order valence-electron chi connectivity index (χ1n) is 7.41. The highest BCUT2D eigenvalue weighted by molar-refractivity contribution is 8.13. The summed E-state index contributed by atoms with van der Waals surface area (Å²) in [7, 11) is 0. The zero-order valence-corrected chi connectivity index (χ0v) is 14.2. The highest BCUT2D eigenvalue weighted by Crippen LogP contribution is 2.30. The first-order valence-corrected chi connectivity index (χ1v) is 8.39. The van der Waals surface area contributed by atoms with Gasteiger partial charge in [-0.3, -0.25) is 4.79 Å². The fourth-order valence-electron chi connectivity index (χ4n) is 2.75. The summed E-state index contributed by atoms with van der Waals surface area (Å²) in [6.45, 7) is 11.1. The van der Waals surface area contributed by atoms with E-state index in [4.69, 9.17) is 4.74 Å². The smallest absolute Gasteiger partial charge is 0.414 e. The molecule has 5 heteroatoms. The van der Waals surface area contributed by atoms with Gasteiger partial charge in [-0.15, -0.1) is 0 Å². The third kappa shape index (κ3) is 4.77. The van der Waals surface area contributed by atoms with E-state index >= 15 is 0 Å². The van der Waals surface area contributed by atoms with Crippen LogP contribution in [0.3, 0.4) is 0 Å². The predicted octanol–water partition coefficient (Wildman–Crippen LogP) is 3.59. The van der Waals surface area contributed by atoms with Crippen molar-refractivity contribution in [2.24, 2.45) is 0 Å². The van der Waals surface area contributed by atoms with Crippen molar-refractivity contribution in [3.8, 4) is 0 Å². The van der Waals surface area contributed by atoms with Gasteiger partial charge in [0, 0.05) is 31.9 Å². The molecule has 0 spiro atoms. The third-order valence-corrected chi connectivity index (χ3v) is 4.69. The Labute approximate surface area is 126 Å². The van der Waals surface area contributed by atoms with E-state index in [-0.39, 0.29) is 11.2 Å². The Kier molecular flexibility index (Phi) is 6.07. The van der Waals surface area contributed by atoms with Crippen LogP contribution in [0.4, 0.5) is 4.79 Å². The van der Waals surface area contributed by atoms with Gasteiger partial charge in [0.15, 0.2) is 5.12 Å². The zero-order chi connectivity index (χ0) is 15.4. The maximum absolute atomic E-state index is 12.6. The van der Waals surface area contributed by atoms with Crippen LogP contribution in [0.25, 0.3) is 0 Å². The normalized spacial score (nSPS) is 26.6. The van der Waals surface area contributed by atoms with Crippen LogP contribution in [0.5, 0.6) is 0 Å². The average molecular weight is 302 g/mol. The van der Waals surface area contributed by atoms with Gasteiger partial charge in [0.1, 0.15) is 5.60 Å². The molecule has 0 aromatic carbocycles. The summed E-state index contributed by atoms with van der Waals surface area (Å²) in [5.41, 5.74) is -0.446. The summed E-state index contributed by atoms with van der Waals surface area (Å²) in [5.74, 6) is 0.783. The van der Waals surface area contributed by atoms with Crippen molar-refractivity contribution in [2.75, 3.05) is 18.8 Å². The molecule has 1 aliphatic heterocycles. The van der Waals surface area contributed by atoms with Gasteiger partial charge in [-0.2, -0.15) is 4.79 Å². The van der Waals surface area contributed by atoms with Crippen LogP contribution in [0.1, 0.15) is 53.9 Å². The number of quaternary nitrogens is 1. The van der Waals surface area contributed by atoms with E-state index in [0.717, 1.165) is 38.1 Å².